The highest BCUT2D eigenvalue weighted by molar-refractivity contribution is 5.53. The number of H-pyrrole nitrogens is 1. The third-order valence-corrected chi connectivity index (χ3v) is 6.43. The molecule has 7 heteroatoms. The minimum Gasteiger partial charge on any atom is -0.354 e. The number of hydrogen-bond donors (Lipinski definition) is 3. The van der Waals surface area contributed by atoms with E-state index in [1.54, 1.807) is 6.20 Å². The fourth-order valence-electron chi connectivity index (χ4n) is 4.90. The molecule has 3 N–H and O–H groups in total. The van der Waals surface area contributed by atoms with Gasteiger partial charge in [0, 0.05) is 37.0 Å². The van der Waals surface area contributed by atoms with Crippen LogP contribution in [0, 0.1) is 11.3 Å². The normalized spacial score (nSPS) is 27.7. The van der Waals surface area contributed by atoms with Gasteiger partial charge in [0.1, 0.15) is 5.82 Å². The van der Waals surface area contributed by atoms with Gasteiger partial charge in [0.15, 0.2) is 5.82 Å². The molecule has 2 saturated carbocycles. The molecule has 0 bridgehead atoms. The van der Waals surface area contributed by atoms with Crippen LogP contribution in [0.1, 0.15) is 50.1 Å². The molecule has 5 rings (SSSR count). The van der Waals surface area contributed by atoms with E-state index < -0.39 is 0 Å². The summed E-state index contributed by atoms with van der Waals surface area (Å²) in [6.45, 7) is 3.51. The van der Waals surface area contributed by atoms with Crippen molar-refractivity contribution in [3.05, 3.63) is 24.0 Å². The lowest BCUT2D eigenvalue weighted by Gasteiger charge is -2.45. The summed E-state index contributed by atoms with van der Waals surface area (Å²) >= 11 is 0. The van der Waals surface area contributed by atoms with Crippen LogP contribution in [0.4, 0.5) is 17.6 Å². The molecular weight excluding hydrogens is 338 g/mol. The van der Waals surface area contributed by atoms with E-state index in [1.165, 1.54) is 57.3 Å². The zero-order chi connectivity index (χ0) is 18.3. The molecule has 3 fully saturated rings. The van der Waals surface area contributed by atoms with Gasteiger partial charge in [-0.15, -0.1) is 0 Å². The average molecular weight is 368 g/mol. The molecule has 3 aliphatic rings. The second-order valence-electron chi connectivity index (χ2n) is 8.85. The number of anilines is 3. The Morgan fingerprint density at radius 2 is 2.19 bits per heavy atom. The summed E-state index contributed by atoms with van der Waals surface area (Å²) in [5.74, 6) is 3.81. The first-order valence-corrected chi connectivity index (χ1v) is 10.3. The number of aromatic nitrogens is 4. The smallest absolute Gasteiger partial charge is 0.224 e. The molecule has 0 amide bonds. The summed E-state index contributed by atoms with van der Waals surface area (Å²) in [6.07, 6.45) is 9.70. The Hall–Kier alpha value is -2.15. The van der Waals surface area contributed by atoms with E-state index in [0.717, 1.165) is 24.1 Å². The van der Waals surface area contributed by atoms with Gasteiger partial charge in [0.05, 0.1) is 0 Å². The molecule has 7 nitrogen and oxygen atoms in total. The number of nitrogens with zero attached hydrogens (tertiary/aromatic N) is 4. The lowest BCUT2D eigenvalue weighted by molar-refractivity contribution is 0.0629. The van der Waals surface area contributed by atoms with E-state index in [2.05, 4.69) is 48.8 Å². The lowest BCUT2D eigenvalue weighted by atomic mass is 9.60. The molecule has 0 radical (unpaired) electrons. The first-order valence-electron chi connectivity index (χ1n) is 10.3. The predicted octanol–water partition coefficient (Wildman–Crippen LogP) is 3.35. The van der Waals surface area contributed by atoms with E-state index in [4.69, 9.17) is 0 Å². The van der Waals surface area contributed by atoms with Crippen LogP contribution in [0.15, 0.2) is 18.3 Å². The number of likely N-dealkylation sites (tertiary alicyclic amines) is 1. The minimum atomic E-state index is 0.641. The van der Waals surface area contributed by atoms with Crippen LogP contribution in [-0.2, 0) is 0 Å². The minimum absolute atomic E-state index is 0.641. The van der Waals surface area contributed by atoms with E-state index in [-0.39, 0.29) is 0 Å². The molecule has 0 aromatic carbocycles. The maximum Gasteiger partial charge on any atom is 0.224 e. The van der Waals surface area contributed by atoms with Crippen LogP contribution in [-0.4, -0.2) is 51.7 Å². The van der Waals surface area contributed by atoms with Crippen LogP contribution in [0.5, 0.6) is 0 Å². The average Bonchev–Trinajstić information content (AvgIpc) is 3.25. The first-order chi connectivity index (χ1) is 13.2. The monoisotopic (exact) mass is 367 g/mol. The molecule has 1 spiro atoms. The van der Waals surface area contributed by atoms with Gasteiger partial charge in [-0.1, -0.05) is 0 Å². The summed E-state index contributed by atoms with van der Waals surface area (Å²) in [6, 6.07) is 3.96. The van der Waals surface area contributed by atoms with Crippen molar-refractivity contribution >= 4 is 17.6 Å². The van der Waals surface area contributed by atoms with Crippen LogP contribution in [0.3, 0.4) is 0 Å². The van der Waals surface area contributed by atoms with Crippen molar-refractivity contribution in [3.63, 3.8) is 0 Å². The van der Waals surface area contributed by atoms with E-state index >= 15 is 0 Å². The van der Waals surface area contributed by atoms with Gasteiger partial charge in [-0.05, 0) is 69.5 Å². The number of hydrogen-bond acceptors (Lipinski definition) is 6. The van der Waals surface area contributed by atoms with Crippen LogP contribution in [0.2, 0.25) is 0 Å². The molecule has 0 atom stereocenters. The van der Waals surface area contributed by atoms with Crippen molar-refractivity contribution in [1.29, 1.82) is 0 Å². The highest BCUT2D eigenvalue weighted by Gasteiger charge is 2.46. The summed E-state index contributed by atoms with van der Waals surface area (Å²) < 4.78 is 0. The third-order valence-electron chi connectivity index (χ3n) is 6.43. The molecule has 1 saturated heterocycles. The van der Waals surface area contributed by atoms with Gasteiger partial charge in [-0.25, -0.2) is 4.98 Å². The second kappa shape index (κ2) is 6.78. The zero-order valence-electron chi connectivity index (χ0n) is 16.0. The second-order valence-corrected chi connectivity index (χ2v) is 8.85. The molecule has 144 valence electrons. The molecule has 27 heavy (non-hydrogen) atoms. The standard InChI is InChI=1S/C20H29N7/c1-27-9-6-20(13-27)11-14(12-20)4-7-21-19-22-8-5-17(24-19)23-18-10-16(25-26-18)15-2-3-15/h5,8,10,14-15H,2-4,6-7,9,11-13H2,1H3,(H3,21,22,23,24,25,26). The SMILES string of the molecule is CN1CCC2(CC(CCNc3nccc(Nc4cc(C5CC5)[nH]n4)n3)C2)C1. The summed E-state index contributed by atoms with van der Waals surface area (Å²) in [4.78, 5) is 11.4. The number of nitrogens with one attached hydrogen (secondary N) is 3. The highest BCUT2D eigenvalue weighted by atomic mass is 15.2. The predicted molar refractivity (Wildman–Crippen MR) is 106 cm³/mol. The van der Waals surface area contributed by atoms with Crippen LogP contribution in [0.25, 0.3) is 0 Å². The quantitative estimate of drug-likeness (QED) is 0.696. The summed E-state index contributed by atoms with van der Waals surface area (Å²) in [5.41, 5.74) is 1.86. The third kappa shape index (κ3) is 3.78. The number of aromatic amines is 1. The molecule has 2 aromatic rings. The Labute approximate surface area is 160 Å². The Balaban J connectivity index is 1.09. The zero-order valence-corrected chi connectivity index (χ0v) is 16.0. The first kappa shape index (κ1) is 17.0. The van der Waals surface area contributed by atoms with Gasteiger partial charge in [0.25, 0.3) is 0 Å². The summed E-state index contributed by atoms with van der Waals surface area (Å²) in [7, 11) is 2.25. The summed E-state index contributed by atoms with van der Waals surface area (Å²) in [5, 5.41) is 14.1. The van der Waals surface area contributed by atoms with Crippen molar-refractivity contribution in [2.24, 2.45) is 11.3 Å². The molecule has 2 aliphatic carbocycles. The van der Waals surface area contributed by atoms with Gasteiger partial charge < -0.3 is 15.5 Å². The van der Waals surface area contributed by atoms with Crippen molar-refractivity contribution < 1.29 is 0 Å². The molecule has 0 unspecified atom stereocenters. The topological polar surface area (TPSA) is 81.8 Å². The fourth-order valence-corrected chi connectivity index (χ4v) is 4.90. The molecule has 1 aliphatic heterocycles. The van der Waals surface area contributed by atoms with Gasteiger partial charge >= 0.3 is 0 Å². The fraction of sp³-hybridized carbons (Fsp3) is 0.650. The van der Waals surface area contributed by atoms with Crippen molar-refractivity contribution in [3.8, 4) is 0 Å². The van der Waals surface area contributed by atoms with E-state index in [0.29, 0.717) is 17.3 Å². The van der Waals surface area contributed by atoms with Crippen molar-refractivity contribution in [1.82, 2.24) is 25.1 Å². The largest absolute Gasteiger partial charge is 0.354 e. The van der Waals surface area contributed by atoms with Gasteiger partial charge in [-0.2, -0.15) is 10.1 Å². The van der Waals surface area contributed by atoms with Gasteiger partial charge in [-0.3, -0.25) is 5.10 Å². The van der Waals surface area contributed by atoms with Crippen LogP contribution >= 0.6 is 0 Å². The Kier molecular flexibility index (Phi) is 4.27. The molecular formula is C20H29N7. The number of rotatable bonds is 7. The van der Waals surface area contributed by atoms with Crippen molar-refractivity contribution in [2.45, 2.75) is 44.4 Å². The highest BCUT2D eigenvalue weighted by Crippen LogP contribution is 2.52. The Morgan fingerprint density at radius 3 is 2.96 bits per heavy atom. The van der Waals surface area contributed by atoms with E-state index in [1.807, 2.05) is 6.07 Å². The molecule has 3 heterocycles. The molecule has 2 aromatic heterocycles. The van der Waals surface area contributed by atoms with Crippen LogP contribution < -0.4 is 10.6 Å². The maximum atomic E-state index is 4.57. The van der Waals surface area contributed by atoms with E-state index in [9.17, 15) is 0 Å². The van der Waals surface area contributed by atoms with Gasteiger partial charge in [0.2, 0.25) is 5.95 Å². The Bertz CT molecular complexity index is 791. The lowest BCUT2D eigenvalue weighted by Crippen LogP contribution is -2.39. The Morgan fingerprint density at radius 1 is 1.30 bits per heavy atom. The maximum absolute atomic E-state index is 4.57. The van der Waals surface area contributed by atoms with Crippen molar-refractivity contribution in [2.75, 3.05) is 37.3 Å².